The summed E-state index contributed by atoms with van der Waals surface area (Å²) < 4.78 is 19.0. The number of benzene rings is 1. The van der Waals surface area contributed by atoms with Gasteiger partial charge >= 0.3 is 0 Å². The lowest BCUT2D eigenvalue weighted by Crippen LogP contribution is -1.98. The zero-order chi connectivity index (χ0) is 12.3. The van der Waals surface area contributed by atoms with Crippen LogP contribution in [0.2, 0.25) is 0 Å². The predicted octanol–water partition coefficient (Wildman–Crippen LogP) is 2.36. The highest BCUT2D eigenvalue weighted by molar-refractivity contribution is 5.66. The van der Waals surface area contributed by atoms with Crippen molar-refractivity contribution in [2.75, 3.05) is 7.11 Å². The second kappa shape index (κ2) is 4.93. The topological polar surface area (TPSA) is 48.1 Å². The summed E-state index contributed by atoms with van der Waals surface area (Å²) in [5.41, 5.74) is 7.12. The van der Waals surface area contributed by atoms with Crippen LogP contribution in [-0.4, -0.2) is 12.1 Å². The molecule has 1 heterocycles. The molecule has 88 valence electrons. The van der Waals surface area contributed by atoms with E-state index in [1.165, 1.54) is 13.2 Å². The number of halogens is 1. The SMILES string of the molecule is COc1cccnc1-c1ccc(CN)cc1F. The maximum Gasteiger partial charge on any atom is 0.145 e. The van der Waals surface area contributed by atoms with Crippen molar-refractivity contribution < 1.29 is 9.13 Å². The van der Waals surface area contributed by atoms with E-state index >= 15 is 0 Å². The number of nitrogens with zero attached hydrogens (tertiary/aromatic N) is 1. The van der Waals surface area contributed by atoms with E-state index in [1.807, 2.05) is 0 Å². The molecule has 0 aliphatic rings. The van der Waals surface area contributed by atoms with Crippen molar-refractivity contribution in [2.24, 2.45) is 5.73 Å². The van der Waals surface area contributed by atoms with Crippen LogP contribution < -0.4 is 10.5 Å². The van der Waals surface area contributed by atoms with E-state index in [-0.39, 0.29) is 5.82 Å². The van der Waals surface area contributed by atoms with Gasteiger partial charge in [0.25, 0.3) is 0 Å². The van der Waals surface area contributed by atoms with Crippen molar-refractivity contribution in [3.8, 4) is 17.0 Å². The van der Waals surface area contributed by atoms with Gasteiger partial charge in [-0.2, -0.15) is 0 Å². The minimum Gasteiger partial charge on any atom is -0.494 e. The molecule has 1 aromatic carbocycles. The standard InChI is InChI=1S/C13H13FN2O/c1-17-12-3-2-6-16-13(12)10-5-4-9(8-15)7-11(10)14/h2-7H,8,15H2,1H3. The van der Waals surface area contributed by atoms with Crippen molar-refractivity contribution in [3.05, 3.63) is 47.9 Å². The molecule has 2 rings (SSSR count). The Morgan fingerprint density at radius 3 is 2.82 bits per heavy atom. The van der Waals surface area contributed by atoms with Gasteiger partial charge in [0, 0.05) is 18.3 Å². The number of methoxy groups -OCH3 is 1. The van der Waals surface area contributed by atoms with Crippen molar-refractivity contribution in [2.45, 2.75) is 6.54 Å². The summed E-state index contributed by atoms with van der Waals surface area (Å²) in [6.07, 6.45) is 1.61. The van der Waals surface area contributed by atoms with E-state index in [1.54, 1.807) is 30.5 Å². The molecule has 3 nitrogen and oxygen atoms in total. The number of rotatable bonds is 3. The summed E-state index contributed by atoms with van der Waals surface area (Å²) in [6.45, 7) is 0.316. The normalized spacial score (nSPS) is 10.3. The third-order valence-electron chi connectivity index (χ3n) is 2.51. The van der Waals surface area contributed by atoms with Gasteiger partial charge in [-0.3, -0.25) is 4.98 Å². The Balaban J connectivity index is 2.53. The average Bonchev–Trinajstić information content (AvgIpc) is 2.38. The highest BCUT2D eigenvalue weighted by Crippen LogP contribution is 2.29. The lowest BCUT2D eigenvalue weighted by atomic mass is 10.1. The number of pyridine rings is 1. The minimum atomic E-state index is -0.343. The zero-order valence-electron chi connectivity index (χ0n) is 9.48. The maximum absolute atomic E-state index is 13.9. The predicted molar refractivity (Wildman–Crippen MR) is 64.1 cm³/mol. The van der Waals surface area contributed by atoms with E-state index in [0.29, 0.717) is 23.6 Å². The Morgan fingerprint density at radius 2 is 2.18 bits per heavy atom. The fourth-order valence-electron chi connectivity index (χ4n) is 1.64. The van der Waals surface area contributed by atoms with Crippen molar-refractivity contribution in [1.29, 1.82) is 0 Å². The van der Waals surface area contributed by atoms with E-state index < -0.39 is 0 Å². The molecule has 0 bridgehead atoms. The molecule has 2 N–H and O–H groups in total. The van der Waals surface area contributed by atoms with Crippen molar-refractivity contribution in [3.63, 3.8) is 0 Å². The fraction of sp³-hybridized carbons (Fsp3) is 0.154. The molecule has 0 aliphatic heterocycles. The second-order valence-electron chi connectivity index (χ2n) is 3.57. The van der Waals surface area contributed by atoms with Gasteiger partial charge in [-0.1, -0.05) is 6.07 Å². The van der Waals surface area contributed by atoms with Crippen LogP contribution in [0.4, 0.5) is 4.39 Å². The smallest absolute Gasteiger partial charge is 0.145 e. The molecule has 2 aromatic rings. The summed E-state index contributed by atoms with van der Waals surface area (Å²) in [5.74, 6) is 0.205. The van der Waals surface area contributed by atoms with E-state index in [0.717, 1.165) is 5.56 Å². The number of ether oxygens (including phenoxy) is 1. The Hall–Kier alpha value is -1.94. The van der Waals surface area contributed by atoms with E-state index in [2.05, 4.69) is 4.98 Å². The first-order valence-corrected chi connectivity index (χ1v) is 5.24. The van der Waals surface area contributed by atoms with Crippen LogP contribution in [0.5, 0.6) is 5.75 Å². The first-order valence-electron chi connectivity index (χ1n) is 5.24. The van der Waals surface area contributed by atoms with Gasteiger partial charge in [0.15, 0.2) is 0 Å². The van der Waals surface area contributed by atoms with Gasteiger partial charge in [-0.05, 0) is 29.8 Å². The summed E-state index contributed by atoms with van der Waals surface area (Å²) in [7, 11) is 1.53. The summed E-state index contributed by atoms with van der Waals surface area (Å²) in [5, 5.41) is 0. The fourth-order valence-corrected chi connectivity index (χ4v) is 1.64. The molecular formula is C13H13FN2O. The first-order chi connectivity index (χ1) is 8.26. The number of nitrogens with two attached hydrogens (primary N) is 1. The van der Waals surface area contributed by atoms with Crippen molar-refractivity contribution in [1.82, 2.24) is 4.98 Å². The van der Waals surface area contributed by atoms with Crippen LogP contribution in [-0.2, 0) is 6.54 Å². The minimum absolute atomic E-state index is 0.316. The molecular weight excluding hydrogens is 219 g/mol. The lowest BCUT2D eigenvalue weighted by molar-refractivity contribution is 0.414. The van der Waals surface area contributed by atoms with Crippen LogP contribution in [0.3, 0.4) is 0 Å². The molecule has 0 spiro atoms. The average molecular weight is 232 g/mol. The molecule has 0 aliphatic carbocycles. The van der Waals surface area contributed by atoms with Gasteiger partial charge in [-0.15, -0.1) is 0 Å². The largest absolute Gasteiger partial charge is 0.494 e. The quantitative estimate of drug-likeness (QED) is 0.883. The molecule has 1 aromatic heterocycles. The molecule has 0 fully saturated rings. The number of hydrogen-bond donors (Lipinski definition) is 1. The van der Waals surface area contributed by atoms with Crippen LogP contribution >= 0.6 is 0 Å². The summed E-state index contributed by atoms with van der Waals surface area (Å²) in [4.78, 5) is 4.14. The molecule has 4 heteroatoms. The van der Waals surface area contributed by atoms with Gasteiger partial charge in [0.1, 0.15) is 17.3 Å². The van der Waals surface area contributed by atoms with Crippen LogP contribution in [0.15, 0.2) is 36.5 Å². The third kappa shape index (κ3) is 2.26. The molecule has 17 heavy (non-hydrogen) atoms. The Bertz CT molecular complexity index is 529. The Labute approximate surface area is 99.1 Å². The van der Waals surface area contributed by atoms with Crippen LogP contribution in [0, 0.1) is 5.82 Å². The van der Waals surface area contributed by atoms with Gasteiger partial charge in [0.05, 0.1) is 7.11 Å². The van der Waals surface area contributed by atoms with Crippen molar-refractivity contribution >= 4 is 0 Å². The molecule has 0 unspecified atom stereocenters. The third-order valence-corrected chi connectivity index (χ3v) is 2.51. The van der Waals surface area contributed by atoms with Gasteiger partial charge < -0.3 is 10.5 Å². The first kappa shape index (κ1) is 11.5. The molecule has 0 radical (unpaired) electrons. The summed E-state index contributed by atoms with van der Waals surface area (Å²) >= 11 is 0. The molecule has 0 saturated carbocycles. The monoisotopic (exact) mass is 232 g/mol. The van der Waals surface area contributed by atoms with Gasteiger partial charge in [0.2, 0.25) is 0 Å². The second-order valence-corrected chi connectivity index (χ2v) is 3.57. The number of hydrogen-bond acceptors (Lipinski definition) is 3. The molecule has 0 amide bonds. The van der Waals surface area contributed by atoms with Gasteiger partial charge in [-0.25, -0.2) is 4.39 Å². The zero-order valence-corrected chi connectivity index (χ0v) is 9.48. The van der Waals surface area contributed by atoms with Crippen LogP contribution in [0.25, 0.3) is 11.3 Å². The maximum atomic E-state index is 13.9. The highest BCUT2D eigenvalue weighted by Gasteiger charge is 2.11. The van der Waals surface area contributed by atoms with E-state index in [4.69, 9.17) is 10.5 Å². The Kier molecular flexibility index (Phi) is 3.35. The number of aromatic nitrogens is 1. The van der Waals surface area contributed by atoms with Crippen LogP contribution in [0.1, 0.15) is 5.56 Å². The molecule has 0 saturated heterocycles. The van der Waals surface area contributed by atoms with E-state index in [9.17, 15) is 4.39 Å². The lowest BCUT2D eigenvalue weighted by Gasteiger charge is -2.08. The summed E-state index contributed by atoms with van der Waals surface area (Å²) in [6, 6.07) is 8.37. The molecule has 0 atom stereocenters. The highest BCUT2D eigenvalue weighted by atomic mass is 19.1. The Morgan fingerprint density at radius 1 is 1.35 bits per heavy atom.